The second kappa shape index (κ2) is 5.92. The van der Waals surface area contributed by atoms with Gasteiger partial charge < -0.3 is 10.5 Å². The van der Waals surface area contributed by atoms with Crippen LogP contribution in [0.4, 0.5) is 0 Å². The quantitative estimate of drug-likeness (QED) is 0.898. The molecule has 2 N–H and O–H groups in total. The number of sulfone groups is 1. The monoisotopic (exact) mass is 283 g/mol. The molecule has 0 spiro atoms. The summed E-state index contributed by atoms with van der Waals surface area (Å²) in [5.74, 6) is 0.777. The molecule has 1 aliphatic rings. The van der Waals surface area contributed by atoms with Crippen LogP contribution in [-0.4, -0.2) is 26.5 Å². The molecule has 0 radical (unpaired) electrons. The van der Waals surface area contributed by atoms with Crippen molar-refractivity contribution >= 4 is 9.84 Å². The van der Waals surface area contributed by atoms with Crippen LogP contribution < -0.4 is 10.5 Å². The molecule has 19 heavy (non-hydrogen) atoms. The summed E-state index contributed by atoms with van der Waals surface area (Å²) in [6, 6.07) is 6.80. The molecule has 1 aromatic rings. The summed E-state index contributed by atoms with van der Waals surface area (Å²) in [6.07, 6.45) is 3.61. The summed E-state index contributed by atoms with van der Waals surface area (Å²) in [7, 11) is -1.48. The number of nitrogens with two attached hydrogens (primary N) is 1. The summed E-state index contributed by atoms with van der Waals surface area (Å²) in [5, 5.41) is -0.184. The molecule has 1 aliphatic carbocycles. The van der Waals surface area contributed by atoms with Gasteiger partial charge in [-0.25, -0.2) is 8.42 Å². The van der Waals surface area contributed by atoms with Crippen LogP contribution in [0, 0.1) is 0 Å². The number of hydrogen-bond acceptors (Lipinski definition) is 4. The van der Waals surface area contributed by atoms with Crippen LogP contribution in [-0.2, 0) is 9.84 Å². The van der Waals surface area contributed by atoms with E-state index in [-0.39, 0.29) is 11.0 Å². The number of hydrogen-bond donors (Lipinski definition) is 1. The molecule has 0 saturated heterocycles. The number of methoxy groups -OCH3 is 1. The molecule has 0 bridgehead atoms. The SMILES string of the molecule is COc1ccc(C(N)CS(=O)(=O)C2CCCC2)cc1. The molecule has 1 saturated carbocycles. The molecular formula is C14H21NO3S. The van der Waals surface area contributed by atoms with Crippen LogP contribution in [0.5, 0.6) is 5.75 Å². The third kappa shape index (κ3) is 3.48. The first kappa shape index (κ1) is 14.3. The van der Waals surface area contributed by atoms with Crippen LogP contribution in [0.25, 0.3) is 0 Å². The Labute approximate surface area is 114 Å². The first-order valence-electron chi connectivity index (χ1n) is 6.64. The highest BCUT2D eigenvalue weighted by Crippen LogP contribution is 2.27. The first-order chi connectivity index (χ1) is 9.03. The number of benzene rings is 1. The van der Waals surface area contributed by atoms with Crippen LogP contribution in [0.1, 0.15) is 37.3 Å². The van der Waals surface area contributed by atoms with Crippen LogP contribution in [0.2, 0.25) is 0 Å². The molecule has 0 amide bonds. The van der Waals surface area contributed by atoms with Gasteiger partial charge in [-0.15, -0.1) is 0 Å². The largest absolute Gasteiger partial charge is 0.497 e. The molecule has 0 aromatic heterocycles. The van der Waals surface area contributed by atoms with E-state index in [2.05, 4.69) is 0 Å². The first-order valence-corrected chi connectivity index (χ1v) is 8.35. The Bertz CT molecular complexity index is 504. The van der Waals surface area contributed by atoms with E-state index in [0.717, 1.165) is 37.0 Å². The van der Waals surface area contributed by atoms with E-state index < -0.39 is 15.9 Å². The van der Waals surface area contributed by atoms with Gasteiger partial charge >= 0.3 is 0 Å². The minimum absolute atomic E-state index is 0.0317. The van der Waals surface area contributed by atoms with E-state index in [1.54, 1.807) is 19.2 Å². The maximum atomic E-state index is 12.2. The van der Waals surface area contributed by atoms with Crippen molar-refractivity contribution in [2.75, 3.05) is 12.9 Å². The zero-order chi connectivity index (χ0) is 13.9. The van der Waals surface area contributed by atoms with Gasteiger partial charge in [0, 0.05) is 6.04 Å². The van der Waals surface area contributed by atoms with Crippen molar-refractivity contribution in [1.29, 1.82) is 0 Å². The van der Waals surface area contributed by atoms with E-state index in [1.807, 2.05) is 12.1 Å². The van der Waals surface area contributed by atoms with Crippen LogP contribution >= 0.6 is 0 Å². The molecule has 1 unspecified atom stereocenters. The van der Waals surface area contributed by atoms with Crippen molar-refractivity contribution in [3.05, 3.63) is 29.8 Å². The lowest BCUT2D eigenvalue weighted by Crippen LogP contribution is -2.28. The highest BCUT2D eigenvalue weighted by molar-refractivity contribution is 7.92. The second-order valence-corrected chi connectivity index (χ2v) is 7.44. The maximum absolute atomic E-state index is 12.2. The van der Waals surface area contributed by atoms with Crippen molar-refractivity contribution in [3.8, 4) is 5.75 Å². The van der Waals surface area contributed by atoms with Gasteiger partial charge in [0.25, 0.3) is 0 Å². The van der Waals surface area contributed by atoms with E-state index in [4.69, 9.17) is 10.5 Å². The zero-order valence-corrected chi connectivity index (χ0v) is 12.0. The molecule has 1 aromatic carbocycles. The van der Waals surface area contributed by atoms with E-state index >= 15 is 0 Å². The van der Waals surface area contributed by atoms with E-state index in [0.29, 0.717) is 0 Å². The normalized spacial score (nSPS) is 18.4. The lowest BCUT2D eigenvalue weighted by atomic mass is 10.1. The third-order valence-corrected chi connectivity index (χ3v) is 6.08. The summed E-state index contributed by atoms with van der Waals surface area (Å²) in [6.45, 7) is 0. The van der Waals surface area contributed by atoms with E-state index in [1.165, 1.54) is 0 Å². The van der Waals surface area contributed by atoms with Crippen LogP contribution in [0.3, 0.4) is 0 Å². The smallest absolute Gasteiger partial charge is 0.155 e. The standard InChI is InChI=1S/C14H21NO3S/c1-18-12-8-6-11(7-9-12)14(15)10-19(16,17)13-4-2-3-5-13/h6-9,13-14H,2-5,10,15H2,1H3. The minimum Gasteiger partial charge on any atom is -0.497 e. The summed E-state index contributed by atoms with van der Waals surface area (Å²) in [5.41, 5.74) is 6.86. The minimum atomic E-state index is -3.08. The average Bonchev–Trinajstić information content (AvgIpc) is 2.93. The predicted octanol–water partition coefficient (Wildman–Crippen LogP) is 2.05. The Morgan fingerprint density at radius 1 is 1.26 bits per heavy atom. The summed E-state index contributed by atoms with van der Waals surface area (Å²) in [4.78, 5) is 0. The van der Waals surface area contributed by atoms with Gasteiger partial charge in [0.15, 0.2) is 9.84 Å². The van der Waals surface area contributed by atoms with Crippen molar-refractivity contribution in [2.45, 2.75) is 37.0 Å². The molecule has 4 nitrogen and oxygen atoms in total. The Morgan fingerprint density at radius 2 is 1.84 bits per heavy atom. The average molecular weight is 283 g/mol. The van der Waals surface area contributed by atoms with Crippen molar-refractivity contribution in [1.82, 2.24) is 0 Å². The molecule has 0 heterocycles. The van der Waals surface area contributed by atoms with Gasteiger partial charge in [0.1, 0.15) is 5.75 Å². The van der Waals surface area contributed by atoms with Gasteiger partial charge in [-0.3, -0.25) is 0 Å². The molecule has 1 fully saturated rings. The molecule has 5 heteroatoms. The fourth-order valence-corrected chi connectivity index (χ4v) is 4.60. The molecular weight excluding hydrogens is 262 g/mol. The lowest BCUT2D eigenvalue weighted by molar-refractivity contribution is 0.414. The van der Waals surface area contributed by atoms with Crippen molar-refractivity contribution in [3.63, 3.8) is 0 Å². The molecule has 2 rings (SSSR count). The Balaban J connectivity index is 2.04. The second-order valence-electron chi connectivity index (χ2n) is 5.12. The van der Waals surface area contributed by atoms with Crippen molar-refractivity contribution < 1.29 is 13.2 Å². The Hall–Kier alpha value is -1.07. The summed E-state index contributed by atoms with van der Waals surface area (Å²) < 4.78 is 29.5. The number of ether oxygens (including phenoxy) is 1. The van der Waals surface area contributed by atoms with Crippen molar-refractivity contribution in [2.24, 2.45) is 5.73 Å². The topological polar surface area (TPSA) is 69.4 Å². The fraction of sp³-hybridized carbons (Fsp3) is 0.571. The number of rotatable bonds is 5. The Kier molecular flexibility index (Phi) is 4.47. The highest BCUT2D eigenvalue weighted by Gasteiger charge is 2.30. The van der Waals surface area contributed by atoms with E-state index in [9.17, 15) is 8.42 Å². The third-order valence-electron chi connectivity index (χ3n) is 3.77. The maximum Gasteiger partial charge on any atom is 0.155 e. The Morgan fingerprint density at radius 3 is 2.37 bits per heavy atom. The van der Waals surface area contributed by atoms with Gasteiger partial charge in [0.05, 0.1) is 18.1 Å². The van der Waals surface area contributed by atoms with Gasteiger partial charge in [-0.2, -0.15) is 0 Å². The van der Waals surface area contributed by atoms with Gasteiger partial charge in [-0.1, -0.05) is 25.0 Å². The molecule has 106 valence electrons. The van der Waals surface area contributed by atoms with Crippen LogP contribution in [0.15, 0.2) is 24.3 Å². The van der Waals surface area contributed by atoms with Gasteiger partial charge in [-0.05, 0) is 30.5 Å². The summed E-state index contributed by atoms with van der Waals surface area (Å²) >= 11 is 0. The lowest BCUT2D eigenvalue weighted by Gasteiger charge is -2.16. The van der Waals surface area contributed by atoms with Gasteiger partial charge in [0.2, 0.25) is 0 Å². The predicted molar refractivity (Wildman–Crippen MR) is 76.0 cm³/mol. The highest BCUT2D eigenvalue weighted by atomic mass is 32.2. The zero-order valence-electron chi connectivity index (χ0n) is 11.2. The molecule has 1 atom stereocenters. The fourth-order valence-electron chi connectivity index (χ4n) is 2.58. The molecule has 0 aliphatic heterocycles.